The molecule has 1 aliphatic heterocycles. The van der Waals surface area contributed by atoms with E-state index in [-0.39, 0.29) is 18.1 Å². The van der Waals surface area contributed by atoms with Crippen molar-refractivity contribution in [1.82, 2.24) is 5.32 Å². The Morgan fingerprint density at radius 1 is 1.38 bits per heavy atom. The highest BCUT2D eigenvalue weighted by Gasteiger charge is 2.33. The number of carbonyl (C=O) groups is 3. The van der Waals surface area contributed by atoms with Gasteiger partial charge in [-0.1, -0.05) is 15.9 Å². The van der Waals surface area contributed by atoms with Crippen LogP contribution in [-0.2, 0) is 14.4 Å². The zero-order chi connectivity index (χ0) is 15.4. The van der Waals surface area contributed by atoms with Crippen LogP contribution >= 0.6 is 27.7 Å². The third-order valence-electron chi connectivity index (χ3n) is 2.87. The predicted octanol–water partition coefficient (Wildman–Crippen LogP) is 1.46. The Morgan fingerprint density at radius 3 is 2.62 bits per heavy atom. The molecule has 1 saturated heterocycles. The summed E-state index contributed by atoms with van der Waals surface area (Å²) in [5.74, 6) is -1.49. The van der Waals surface area contributed by atoms with Gasteiger partial charge < -0.3 is 15.7 Å². The lowest BCUT2D eigenvalue weighted by Gasteiger charge is -2.25. The molecule has 1 fully saturated rings. The van der Waals surface area contributed by atoms with Gasteiger partial charge in [0.1, 0.15) is 6.04 Å². The van der Waals surface area contributed by atoms with Crippen LogP contribution in [-0.4, -0.2) is 39.9 Å². The van der Waals surface area contributed by atoms with Gasteiger partial charge in [-0.2, -0.15) is 0 Å². The van der Waals surface area contributed by atoms with Crippen LogP contribution in [0, 0.1) is 0 Å². The van der Waals surface area contributed by atoms with E-state index >= 15 is 0 Å². The molecule has 1 aliphatic rings. The van der Waals surface area contributed by atoms with Crippen molar-refractivity contribution in [3.8, 4) is 0 Å². The summed E-state index contributed by atoms with van der Waals surface area (Å²) < 4.78 is 0.905. The molecule has 21 heavy (non-hydrogen) atoms. The van der Waals surface area contributed by atoms with Gasteiger partial charge in [-0.15, -0.1) is 11.8 Å². The molecule has 112 valence electrons. The molecule has 8 heteroatoms. The van der Waals surface area contributed by atoms with Gasteiger partial charge in [-0.25, -0.2) is 4.79 Å². The summed E-state index contributed by atoms with van der Waals surface area (Å²) in [7, 11) is 0. The van der Waals surface area contributed by atoms with Crippen LogP contribution in [0.15, 0.2) is 28.7 Å². The first-order valence-corrected chi connectivity index (χ1v) is 8.00. The van der Waals surface area contributed by atoms with Crippen molar-refractivity contribution in [2.45, 2.75) is 17.7 Å². The van der Waals surface area contributed by atoms with Crippen LogP contribution in [0.4, 0.5) is 5.69 Å². The SMILES string of the molecule is O=C(C[C@H]1SC[C@H](C(=O)O)NC1=O)Nc1ccc(Br)cc1. The molecule has 0 bridgehead atoms. The molecule has 2 rings (SSSR count). The van der Waals surface area contributed by atoms with Gasteiger partial charge in [-0.3, -0.25) is 9.59 Å². The molecule has 0 aromatic heterocycles. The molecule has 0 spiro atoms. The minimum absolute atomic E-state index is 0.0128. The largest absolute Gasteiger partial charge is 0.480 e. The second kappa shape index (κ2) is 6.95. The third kappa shape index (κ3) is 4.47. The average molecular weight is 373 g/mol. The molecule has 6 nitrogen and oxygen atoms in total. The Morgan fingerprint density at radius 2 is 2.05 bits per heavy atom. The van der Waals surface area contributed by atoms with Gasteiger partial charge in [0.25, 0.3) is 0 Å². The first kappa shape index (κ1) is 15.8. The molecule has 0 radical (unpaired) electrons. The Kier molecular flexibility index (Phi) is 5.24. The standard InChI is InChI=1S/C13H13BrN2O4S/c14-7-1-3-8(4-2-7)15-11(17)5-10-12(18)16-9(6-21-10)13(19)20/h1-4,9-10H,5-6H2,(H,15,17)(H,16,18)(H,19,20)/t9-,10-/m1/s1. The minimum atomic E-state index is -1.06. The number of thioether (sulfide) groups is 1. The molecule has 1 aromatic carbocycles. The van der Waals surface area contributed by atoms with Crippen molar-refractivity contribution < 1.29 is 19.5 Å². The number of carboxylic acid groups (broad SMARTS) is 1. The summed E-state index contributed by atoms with van der Waals surface area (Å²) in [6, 6.07) is 6.21. The first-order chi connectivity index (χ1) is 9.95. The Balaban J connectivity index is 1.87. The van der Waals surface area contributed by atoms with Crippen LogP contribution < -0.4 is 10.6 Å². The second-order valence-electron chi connectivity index (χ2n) is 4.48. The lowest BCUT2D eigenvalue weighted by atomic mass is 10.2. The fraction of sp³-hybridized carbons (Fsp3) is 0.308. The normalized spacial score (nSPS) is 21.5. The van der Waals surface area contributed by atoms with Gasteiger partial charge in [0.05, 0.1) is 5.25 Å². The quantitative estimate of drug-likeness (QED) is 0.743. The van der Waals surface area contributed by atoms with E-state index < -0.39 is 23.2 Å². The zero-order valence-electron chi connectivity index (χ0n) is 10.8. The lowest BCUT2D eigenvalue weighted by molar-refractivity contribution is -0.141. The van der Waals surface area contributed by atoms with Gasteiger partial charge >= 0.3 is 5.97 Å². The number of aliphatic carboxylic acids is 1. The maximum Gasteiger partial charge on any atom is 0.327 e. The fourth-order valence-electron chi connectivity index (χ4n) is 1.79. The highest BCUT2D eigenvalue weighted by Crippen LogP contribution is 2.22. The molecular formula is C13H13BrN2O4S. The van der Waals surface area contributed by atoms with Gasteiger partial charge in [0, 0.05) is 22.3 Å². The topological polar surface area (TPSA) is 95.5 Å². The van der Waals surface area contributed by atoms with E-state index in [0.717, 1.165) is 4.47 Å². The molecule has 1 aromatic rings. The summed E-state index contributed by atoms with van der Waals surface area (Å²) in [4.78, 5) is 34.4. The van der Waals surface area contributed by atoms with Crippen molar-refractivity contribution in [2.75, 3.05) is 11.1 Å². The van der Waals surface area contributed by atoms with Crippen molar-refractivity contribution in [1.29, 1.82) is 0 Å². The van der Waals surface area contributed by atoms with E-state index in [9.17, 15) is 14.4 Å². The molecule has 0 unspecified atom stereocenters. The minimum Gasteiger partial charge on any atom is -0.480 e. The van der Waals surface area contributed by atoms with Crippen molar-refractivity contribution in [2.24, 2.45) is 0 Å². The highest BCUT2D eigenvalue weighted by molar-refractivity contribution is 9.10. The van der Waals surface area contributed by atoms with Crippen molar-refractivity contribution in [3.05, 3.63) is 28.7 Å². The number of carboxylic acids is 1. The molecule has 2 atom stereocenters. The Bertz CT molecular complexity index is 564. The van der Waals surface area contributed by atoms with Gasteiger partial charge in [0.2, 0.25) is 11.8 Å². The number of halogens is 1. The highest BCUT2D eigenvalue weighted by atomic mass is 79.9. The number of hydrogen-bond donors (Lipinski definition) is 3. The fourth-order valence-corrected chi connectivity index (χ4v) is 3.20. The zero-order valence-corrected chi connectivity index (χ0v) is 13.2. The molecule has 2 amide bonds. The van der Waals surface area contributed by atoms with E-state index in [1.54, 1.807) is 24.3 Å². The molecule has 1 heterocycles. The lowest BCUT2D eigenvalue weighted by Crippen LogP contribution is -2.51. The second-order valence-corrected chi connectivity index (χ2v) is 6.63. The molecule has 3 N–H and O–H groups in total. The van der Waals surface area contributed by atoms with E-state index in [1.165, 1.54) is 11.8 Å². The number of nitrogens with one attached hydrogen (secondary N) is 2. The monoisotopic (exact) mass is 372 g/mol. The van der Waals surface area contributed by atoms with E-state index in [0.29, 0.717) is 5.69 Å². The number of benzene rings is 1. The number of amides is 2. The van der Waals surface area contributed by atoms with Crippen LogP contribution in [0.25, 0.3) is 0 Å². The van der Waals surface area contributed by atoms with E-state index in [1.807, 2.05) is 0 Å². The maximum absolute atomic E-state index is 11.9. The van der Waals surface area contributed by atoms with Crippen LogP contribution in [0.5, 0.6) is 0 Å². The first-order valence-electron chi connectivity index (χ1n) is 6.16. The molecule has 0 aliphatic carbocycles. The van der Waals surface area contributed by atoms with Gasteiger partial charge in [-0.05, 0) is 24.3 Å². The summed E-state index contributed by atoms with van der Waals surface area (Å²) in [6.07, 6.45) is 0.0128. The Labute approximate surface area is 133 Å². The van der Waals surface area contributed by atoms with E-state index in [2.05, 4.69) is 26.6 Å². The molecular weight excluding hydrogens is 360 g/mol. The van der Waals surface area contributed by atoms with Gasteiger partial charge in [0.15, 0.2) is 0 Å². The molecule has 0 saturated carbocycles. The number of rotatable bonds is 4. The van der Waals surface area contributed by atoms with Crippen molar-refractivity contribution in [3.63, 3.8) is 0 Å². The third-order valence-corrected chi connectivity index (χ3v) is 4.71. The van der Waals surface area contributed by atoms with Crippen LogP contribution in [0.2, 0.25) is 0 Å². The summed E-state index contributed by atoms with van der Waals surface area (Å²) in [6.45, 7) is 0. The Hall–Kier alpha value is -1.54. The predicted molar refractivity (Wildman–Crippen MR) is 83.2 cm³/mol. The van der Waals surface area contributed by atoms with Crippen LogP contribution in [0.1, 0.15) is 6.42 Å². The number of carbonyl (C=O) groups excluding carboxylic acids is 2. The average Bonchev–Trinajstić information content (AvgIpc) is 2.43. The van der Waals surface area contributed by atoms with Crippen molar-refractivity contribution >= 4 is 51.2 Å². The number of anilines is 1. The summed E-state index contributed by atoms with van der Waals surface area (Å²) >= 11 is 4.49. The number of hydrogen-bond acceptors (Lipinski definition) is 4. The summed E-state index contributed by atoms with van der Waals surface area (Å²) in [5, 5.41) is 13.4. The van der Waals surface area contributed by atoms with E-state index in [4.69, 9.17) is 5.11 Å². The smallest absolute Gasteiger partial charge is 0.327 e. The maximum atomic E-state index is 11.9. The summed E-state index contributed by atoms with van der Waals surface area (Å²) in [5.41, 5.74) is 0.646. The van der Waals surface area contributed by atoms with Crippen LogP contribution in [0.3, 0.4) is 0 Å².